The maximum Gasteiger partial charge on any atom is 0.254 e. The second kappa shape index (κ2) is 7.90. The van der Waals surface area contributed by atoms with Crippen LogP contribution in [0, 0.1) is 5.92 Å². The van der Waals surface area contributed by atoms with Gasteiger partial charge in [-0.05, 0) is 43.9 Å². The lowest BCUT2D eigenvalue weighted by Gasteiger charge is -2.25. The van der Waals surface area contributed by atoms with Crippen LogP contribution >= 0.6 is 0 Å². The standard InChI is InChI=1S/C19H26N2O4S/c1-15-6-9-20(10-7-15)19(22)17-4-3-5-18(12-17)26(23,24)21-11-8-16(13-21)14-25-2/h3-6,12,16H,7-11,13-14H2,1-2H3/t16-/m1/s1. The van der Waals surface area contributed by atoms with E-state index < -0.39 is 10.0 Å². The van der Waals surface area contributed by atoms with Crippen molar-refractivity contribution in [1.82, 2.24) is 9.21 Å². The van der Waals surface area contributed by atoms with Crippen molar-refractivity contribution in [1.29, 1.82) is 0 Å². The summed E-state index contributed by atoms with van der Waals surface area (Å²) in [6.07, 6.45) is 3.70. The molecular formula is C19H26N2O4S. The van der Waals surface area contributed by atoms with Crippen molar-refractivity contribution in [3.05, 3.63) is 41.5 Å². The van der Waals surface area contributed by atoms with Crippen molar-refractivity contribution < 1.29 is 17.9 Å². The Bertz CT molecular complexity index is 804. The van der Waals surface area contributed by atoms with Crippen molar-refractivity contribution in [2.24, 2.45) is 5.92 Å². The minimum absolute atomic E-state index is 0.121. The Kier molecular flexibility index (Phi) is 5.79. The van der Waals surface area contributed by atoms with Crippen LogP contribution in [0.25, 0.3) is 0 Å². The topological polar surface area (TPSA) is 66.9 Å². The molecule has 2 aliphatic rings. The average Bonchev–Trinajstić information content (AvgIpc) is 3.12. The van der Waals surface area contributed by atoms with E-state index in [2.05, 4.69) is 6.92 Å². The normalized spacial score (nSPS) is 21.7. The molecule has 1 aromatic rings. The summed E-state index contributed by atoms with van der Waals surface area (Å²) in [7, 11) is -1.96. The Morgan fingerprint density at radius 2 is 2.12 bits per heavy atom. The van der Waals surface area contributed by atoms with Crippen molar-refractivity contribution in [3.8, 4) is 0 Å². The highest BCUT2D eigenvalue weighted by Crippen LogP contribution is 2.25. The molecule has 26 heavy (non-hydrogen) atoms. The van der Waals surface area contributed by atoms with Crippen LogP contribution in [0.3, 0.4) is 0 Å². The third-order valence-corrected chi connectivity index (χ3v) is 6.95. The molecule has 1 aromatic carbocycles. The fraction of sp³-hybridized carbons (Fsp3) is 0.526. The molecule has 6 nitrogen and oxygen atoms in total. The van der Waals surface area contributed by atoms with Crippen LogP contribution in [-0.2, 0) is 14.8 Å². The van der Waals surface area contributed by atoms with Crippen LogP contribution in [-0.4, -0.2) is 63.4 Å². The summed E-state index contributed by atoms with van der Waals surface area (Å²) in [5.41, 5.74) is 1.71. The van der Waals surface area contributed by atoms with E-state index in [-0.39, 0.29) is 16.7 Å². The summed E-state index contributed by atoms with van der Waals surface area (Å²) in [5.74, 6) is 0.104. The van der Waals surface area contributed by atoms with Crippen molar-refractivity contribution in [2.75, 3.05) is 39.9 Å². The quantitative estimate of drug-likeness (QED) is 0.736. The van der Waals surface area contributed by atoms with Crippen LogP contribution in [0.2, 0.25) is 0 Å². The van der Waals surface area contributed by atoms with Gasteiger partial charge in [-0.3, -0.25) is 4.79 Å². The van der Waals surface area contributed by atoms with Crippen LogP contribution < -0.4 is 0 Å². The summed E-state index contributed by atoms with van der Waals surface area (Å²) in [4.78, 5) is 14.7. The minimum atomic E-state index is -3.59. The van der Waals surface area contributed by atoms with Crippen molar-refractivity contribution in [3.63, 3.8) is 0 Å². The Balaban J connectivity index is 1.77. The maximum absolute atomic E-state index is 12.9. The number of ether oxygens (including phenoxy) is 1. The van der Waals surface area contributed by atoms with Gasteiger partial charge in [0.1, 0.15) is 0 Å². The monoisotopic (exact) mass is 378 g/mol. The lowest BCUT2D eigenvalue weighted by atomic mass is 10.1. The maximum atomic E-state index is 12.9. The molecule has 1 fully saturated rings. The van der Waals surface area contributed by atoms with Gasteiger partial charge in [-0.25, -0.2) is 8.42 Å². The molecule has 2 heterocycles. The van der Waals surface area contributed by atoms with Gasteiger partial charge >= 0.3 is 0 Å². The molecule has 0 spiro atoms. The number of hydrogen-bond acceptors (Lipinski definition) is 4. The van der Waals surface area contributed by atoms with Gasteiger partial charge in [-0.2, -0.15) is 4.31 Å². The van der Waals surface area contributed by atoms with Crippen molar-refractivity contribution in [2.45, 2.75) is 24.7 Å². The fourth-order valence-corrected chi connectivity index (χ4v) is 5.04. The van der Waals surface area contributed by atoms with E-state index >= 15 is 0 Å². The lowest BCUT2D eigenvalue weighted by molar-refractivity contribution is 0.0769. The highest BCUT2D eigenvalue weighted by Gasteiger charge is 2.33. The van der Waals surface area contributed by atoms with E-state index in [4.69, 9.17) is 4.74 Å². The van der Waals surface area contributed by atoms with Gasteiger partial charge in [0.05, 0.1) is 11.5 Å². The molecule has 142 valence electrons. The molecule has 1 atom stereocenters. The first kappa shape index (κ1) is 19.1. The Hall–Kier alpha value is -1.70. The number of nitrogens with zero attached hydrogens (tertiary/aromatic N) is 2. The molecule has 0 bridgehead atoms. The van der Waals surface area contributed by atoms with Gasteiger partial charge in [0.25, 0.3) is 5.91 Å². The number of rotatable bonds is 5. The molecule has 0 saturated carbocycles. The summed E-state index contributed by atoms with van der Waals surface area (Å²) in [5, 5.41) is 0. The van der Waals surface area contributed by atoms with E-state index in [9.17, 15) is 13.2 Å². The Morgan fingerprint density at radius 1 is 1.31 bits per heavy atom. The molecule has 0 radical (unpaired) electrons. The molecule has 1 amide bonds. The van der Waals surface area contributed by atoms with Gasteiger partial charge in [0, 0.05) is 38.9 Å². The van der Waals surface area contributed by atoms with Crippen LogP contribution in [0.4, 0.5) is 0 Å². The summed E-state index contributed by atoms with van der Waals surface area (Å²) < 4.78 is 32.5. The fourth-order valence-electron chi connectivity index (χ4n) is 3.46. The first-order valence-corrected chi connectivity index (χ1v) is 10.4. The second-order valence-corrected chi connectivity index (χ2v) is 8.99. The predicted octanol–water partition coefficient (Wildman–Crippen LogP) is 2.14. The highest BCUT2D eigenvalue weighted by molar-refractivity contribution is 7.89. The minimum Gasteiger partial charge on any atom is -0.384 e. The smallest absolute Gasteiger partial charge is 0.254 e. The first-order chi connectivity index (χ1) is 12.4. The number of hydrogen-bond donors (Lipinski definition) is 0. The molecule has 0 aliphatic carbocycles. The lowest BCUT2D eigenvalue weighted by Crippen LogP contribution is -2.35. The van der Waals surface area contributed by atoms with E-state index in [1.807, 2.05) is 6.08 Å². The summed E-state index contributed by atoms with van der Waals surface area (Å²) >= 11 is 0. The number of carbonyl (C=O) groups excluding carboxylic acids is 1. The largest absolute Gasteiger partial charge is 0.384 e. The number of methoxy groups -OCH3 is 1. The van der Waals surface area contributed by atoms with E-state index in [1.54, 1.807) is 30.2 Å². The predicted molar refractivity (Wildman–Crippen MR) is 99.5 cm³/mol. The zero-order valence-electron chi connectivity index (χ0n) is 15.3. The zero-order chi connectivity index (χ0) is 18.7. The summed E-state index contributed by atoms with van der Waals surface area (Å²) in [6, 6.07) is 6.40. The Morgan fingerprint density at radius 3 is 2.81 bits per heavy atom. The Labute approximate surface area is 155 Å². The van der Waals surface area contributed by atoms with E-state index in [0.717, 1.165) is 12.8 Å². The first-order valence-electron chi connectivity index (χ1n) is 8.96. The van der Waals surface area contributed by atoms with Crippen molar-refractivity contribution >= 4 is 15.9 Å². The number of benzene rings is 1. The number of sulfonamides is 1. The van der Waals surface area contributed by atoms with Gasteiger partial charge in [0.2, 0.25) is 10.0 Å². The van der Waals surface area contributed by atoms with Gasteiger partial charge < -0.3 is 9.64 Å². The number of carbonyl (C=O) groups is 1. The molecule has 0 unspecified atom stereocenters. The van der Waals surface area contributed by atoms with Crippen LogP contribution in [0.1, 0.15) is 30.1 Å². The van der Waals surface area contributed by atoms with Crippen LogP contribution in [0.5, 0.6) is 0 Å². The third-order valence-electron chi connectivity index (χ3n) is 5.09. The number of amides is 1. The van der Waals surface area contributed by atoms with Crippen LogP contribution in [0.15, 0.2) is 40.8 Å². The molecule has 3 rings (SSSR count). The molecule has 0 aromatic heterocycles. The van der Waals surface area contributed by atoms with Gasteiger partial charge in [0.15, 0.2) is 0 Å². The second-order valence-electron chi connectivity index (χ2n) is 7.05. The highest BCUT2D eigenvalue weighted by atomic mass is 32.2. The van der Waals surface area contributed by atoms with E-state index in [1.165, 1.54) is 15.9 Å². The van der Waals surface area contributed by atoms with E-state index in [0.29, 0.717) is 38.3 Å². The van der Waals surface area contributed by atoms with Gasteiger partial charge in [-0.1, -0.05) is 17.7 Å². The third kappa shape index (κ3) is 4.00. The molecule has 7 heteroatoms. The average molecular weight is 378 g/mol. The SMILES string of the molecule is COC[C@@H]1CCN(S(=O)(=O)c2cccc(C(=O)N3CC=C(C)CC3)c2)C1. The van der Waals surface area contributed by atoms with Gasteiger partial charge in [-0.15, -0.1) is 0 Å². The zero-order valence-corrected chi connectivity index (χ0v) is 16.2. The molecule has 0 N–H and O–H groups in total. The molecule has 2 aliphatic heterocycles. The molecular weight excluding hydrogens is 352 g/mol. The summed E-state index contributed by atoms with van der Waals surface area (Å²) in [6.45, 7) is 4.82. The molecule has 1 saturated heterocycles.